The zero-order valence-corrected chi connectivity index (χ0v) is 14.2. The highest BCUT2D eigenvalue weighted by Crippen LogP contribution is 2.34. The predicted molar refractivity (Wildman–Crippen MR) is 92.2 cm³/mol. The van der Waals surface area contributed by atoms with E-state index in [-0.39, 0.29) is 34.8 Å². The van der Waals surface area contributed by atoms with Crippen molar-refractivity contribution in [1.29, 1.82) is 0 Å². The molecular weight excluding hydrogens is 309 g/mol. The number of amides is 1. The van der Waals surface area contributed by atoms with E-state index in [0.29, 0.717) is 11.3 Å². The summed E-state index contributed by atoms with van der Waals surface area (Å²) in [6.45, 7) is 7.45. The van der Waals surface area contributed by atoms with E-state index >= 15 is 0 Å². The third-order valence-corrected chi connectivity index (χ3v) is 3.84. The Labute approximate surface area is 141 Å². The maximum atomic E-state index is 13.2. The zero-order valence-electron chi connectivity index (χ0n) is 14.2. The Kier molecular flexibility index (Phi) is 5.12. The highest BCUT2D eigenvalue weighted by molar-refractivity contribution is 6.08. The third-order valence-electron chi connectivity index (χ3n) is 3.84. The quantitative estimate of drug-likeness (QED) is 0.872. The van der Waals surface area contributed by atoms with E-state index in [1.54, 1.807) is 0 Å². The van der Waals surface area contributed by atoms with E-state index in [0.717, 1.165) is 0 Å². The standard InChI is InChI=1S/C19H22FNO3/c1-11(2)15-9-16(18(23)10-17(15)22)19(24)21(12(3)4)14-7-5-13(20)6-8-14/h5-12,22-23H,1-4H3. The molecule has 0 saturated heterocycles. The first kappa shape index (κ1) is 17.8. The van der Waals surface area contributed by atoms with E-state index in [1.807, 2.05) is 27.7 Å². The van der Waals surface area contributed by atoms with Gasteiger partial charge < -0.3 is 15.1 Å². The SMILES string of the molecule is CC(C)c1cc(C(=O)N(c2ccc(F)cc2)C(C)C)c(O)cc1O. The topological polar surface area (TPSA) is 60.8 Å². The Morgan fingerprint density at radius 1 is 1.00 bits per heavy atom. The zero-order chi connectivity index (χ0) is 18.0. The maximum absolute atomic E-state index is 13.2. The summed E-state index contributed by atoms with van der Waals surface area (Å²) in [4.78, 5) is 14.5. The average molecular weight is 331 g/mol. The van der Waals surface area contributed by atoms with Gasteiger partial charge in [-0.1, -0.05) is 13.8 Å². The molecule has 0 aliphatic carbocycles. The minimum absolute atomic E-state index is 0.00419. The molecule has 0 unspecified atom stereocenters. The van der Waals surface area contributed by atoms with Gasteiger partial charge in [-0.15, -0.1) is 0 Å². The van der Waals surface area contributed by atoms with Crippen molar-refractivity contribution in [3.05, 3.63) is 53.3 Å². The molecule has 2 rings (SSSR count). The van der Waals surface area contributed by atoms with Crippen LogP contribution in [0.5, 0.6) is 11.5 Å². The Hall–Kier alpha value is -2.56. The number of aromatic hydroxyl groups is 2. The summed E-state index contributed by atoms with van der Waals surface area (Å²) in [5.41, 5.74) is 1.23. The van der Waals surface area contributed by atoms with Gasteiger partial charge in [-0.05, 0) is 55.7 Å². The van der Waals surface area contributed by atoms with Gasteiger partial charge in [0, 0.05) is 17.8 Å². The molecule has 2 aromatic carbocycles. The second kappa shape index (κ2) is 6.91. The molecule has 0 radical (unpaired) electrons. The largest absolute Gasteiger partial charge is 0.508 e. The second-order valence-electron chi connectivity index (χ2n) is 6.33. The van der Waals surface area contributed by atoms with Crippen molar-refractivity contribution in [3.63, 3.8) is 0 Å². The van der Waals surface area contributed by atoms with E-state index in [1.165, 1.54) is 41.3 Å². The Bertz CT molecular complexity index is 739. The van der Waals surface area contributed by atoms with Crippen LogP contribution in [0.1, 0.15) is 49.5 Å². The van der Waals surface area contributed by atoms with Crippen molar-refractivity contribution in [1.82, 2.24) is 0 Å². The van der Waals surface area contributed by atoms with Gasteiger partial charge in [0.25, 0.3) is 5.91 Å². The summed E-state index contributed by atoms with van der Waals surface area (Å²) >= 11 is 0. The van der Waals surface area contributed by atoms with Crippen molar-refractivity contribution < 1.29 is 19.4 Å². The lowest BCUT2D eigenvalue weighted by Crippen LogP contribution is -2.37. The van der Waals surface area contributed by atoms with Crippen molar-refractivity contribution in [2.24, 2.45) is 0 Å². The van der Waals surface area contributed by atoms with Crippen LogP contribution in [-0.2, 0) is 0 Å². The van der Waals surface area contributed by atoms with Crippen LogP contribution in [0.3, 0.4) is 0 Å². The number of carbonyl (C=O) groups excluding carboxylic acids is 1. The highest BCUT2D eigenvalue weighted by Gasteiger charge is 2.25. The number of hydrogen-bond acceptors (Lipinski definition) is 3. The van der Waals surface area contributed by atoms with Gasteiger partial charge in [0.1, 0.15) is 17.3 Å². The predicted octanol–water partition coefficient (Wildman–Crippen LogP) is 4.42. The molecule has 0 saturated carbocycles. The number of benzene rings is 2. The van der Waals surface area contributed by atoms with Gasteiger partial charge >= 0.3 is 0 Å². The van der Waals surface area contributed by atoms with Crippen LogP contribution in [0.4, 0.5) is 10.1 Å². The number of hydrogen-bond donors (Lipinski definition) is 2. The van der Waals surface area contributed by atoms with E-state index in [9.17, 15) is 19.4 Å². The summed E-state index contributed by atoms with van der Waals surface area (Å²) in [5.74, 6) is -1.12. The number of nitrogens with zero attached hydrogens (tertiary/aromatic N) is 1. The molecule has 4 nitrogen and oxygen atoms in total. The summed E-state index contributed by atoms with van der Waals surface area (Å²) in [6, 6.07) is 8.12. The molecule has 0 bridgehead atoms. The molecule has 0 spiro atoms. The molecule has 5 heteroatoms. The Morgan fingerprint density at radius 3 is 2.08 bits per heavy atom. The van der Waals surface area contributed by atoms with E-state index in [2.05, 4.69) is 0 Å². The summed E-state index contributed by atoms with van der Waals surface area (Å²) in [6.07, 6.45) is 0. The molecule has 24 heavy (non-hydrogen) atoms. The normalized spacial score (nSPS) is 11.1. The van der Waals surface area contributed by atoms with Gasteiger partial charge in [0.05, 0.1) is 5.56 Å². The number of halogens is 1. The number of phenols is 2. The minimum Gasteiger partial charge on any atom is -0.508 e. The Morgan fingerprint density at radius 2 is 1.58 bits per heavy atom. The lowest BCUT2D eigenvalue weighted by Gasteiger charge is -2.27. The molecule has 0 aliphatic rings. The van der Waals surface area contributed by atoms with Crippen LogP contribution >= 0.6 is 0 Å². The highest BCUT2D eigenvalue weighted by atomic mass is 19.1. The van der Waals surface area contributed by atoms with Gasteiger partial charge in [-0.25, -0.2) is 4.39 Å². The Balaban J connectivity index is 2.51. The van der Waals surface area contributed by atoms with Crippen LogP contribution < -0.4 is 4.90 Å². The van der Waals surface area contributed by atoms with Crippen LogP contribution in [0, 0.1) is 5.82 Å². The first-order valence-corrected chi connectivity index (χ1v) is 7.87. The molecule has 0 aromatic heterocycles. The number of carbonyl (C=O) groups is 1. The molecule has 0 atom stereocenters. The van der Waals surface area contributed by atoms with Gasteiger partial charge in [0.2, 0.25) is 0 Å². The van der Waals surface area contributed by atoms with E-state index < -0.39 is 5.91 Å². The monoisotopic (exact) mass is 331 g/mol. The summed E-state index contributed by atoms with van der Waals surface area (Å²) in [5, 5.41) is 20.1. The lowest BCUT2D eigenvalue weighted by atomic mass is 9.98. The minimum atomic E-state index is -0.406. The summed E-state index contributed by atoms with van der Waals surface area (Å²) < 4.78 is 13.2. The second-order valence-corrected chi connectivity index (χ2v) is 6.33. The van der Waals surface area contributed by atoms with Gasteiger partial charge in [-0.3, -0.25) is 4.79 Å². The van der Waals surface area contributed by atoms with Gasteiger partial charge in [0.15, 0.2) is 0 Å². The molecule has 2 N–H and O–H groups in total. The van der Waals surface area contributed by atoms with Crippen molar-refractivity contribution in [3.8, 4) is 11.5 Å². The fourth-order valence-corrected chi connectivity index (χ4v) is 2.61. The van der Waals surface area contributed by atoms with Gasteiger partial charge in [-0.2, -0.15) is 0 Å². The number of anilines is 1. The van der Waals surface area contributed by atoms with Crippen molar-refractivity contribution in [2.75, 3.05) is 4.90 Å². The first-order chi connectivity index (χ1) is 11.2. The molecule has 0 heterocycles. The maximum Gasteiger partial charge on any atom is 0.262 e. The molecule has 128 valence electrons. The fraction of sp³-hybridized carbons (Fsp3) is 0.316. The molecule has 1 amide bonds. The van der Waals surface area contributed by atoms with E-state index in [4.69, 9.17) is 0 Å². The van der Waals surface area contributed by atoms with Crippen LogP contribution in [0.2, 0.25) is 0 Å². The van der Waals surface area contributed by atoms with Crippen LogP contribution in [-0.4, -0.2) is 22.2 Å². The van der Waals surface area contributed by atoms with Crippen molar-refractivity contribution in [2.45, 2.75) is 39.7 Å². The molecule has 0 fully saturated rings. The lowest BCUT2D eigenvalue weighted by molar-refractivity contribution is 0.0977. The average Bonchev–Trinajstić information content (AvgIpc) is 2.48. The van der Waals surface area contributed by atoms with Crippen molar-refractivity contribution >= 4 is 11.6 Å². The first-order valence-electron chi connectivity index (χ1n) is 7.87. The molecular formula is C19H22FNO3. The number of phenolic OH excluding ortho intramolecular Hbond substituents is 2. The summed E-state index contributed by atoms with van der Waals surface area (Å²) in [7, 11) is 0. The third kappa shape index (κ3) is 3.50. The smallest absolute Gasteiger partial charge is 0.262 e. The fourth-order valence-electron chi connectivity index (χ4n) is 2.61. The number of rotatable bonds is 4. The van der Waals surface area contributed by atoms with Crippen LogP contribution in [0.25, 0.3) is 0 Å². The van der Waals surface area contributed by atoms with Crippen LogP contribution in [0.15, 0.2) is 36.4 Å². The molecule has 2 aromatic rings. The molecule has 0 aliphatic heterocycles.